The van der Waals surface area contributed by atoms with Gasteiger partial charge in [-0.3, -0.25) is 5.26 Å². The number of allylic oxidation sites excluding steroid dienone is 2. The van der Waals surface area contributed by atoms with Gasteiger partial charge in [0.05, 0.1) is 0 Å². The summed E-state index contributed by atoms with van der Waals surface area (Å²) in [7, 11) is 0. The summed E-state index contributed by atoms with van der Waals surface area (Å²) >= 11 is 0. The minimum Gasteiger partial charge on any atom is -0.251 e. The maximum atomic E-state index is 8.86. The predicted octanol–water partition coefficient (Wildman–Crippen LogP) is 4.19. The van der Waals surface area contributed by atoms with E-state index in [-0.39, 0.29) is 11.5 Å². The molecule has 0 aromatic rings. The molecule has 2 rings (SSSR count). The highest BCUT2D eigenvalue weighted by Crippen LogP contribution is 2.53. The fourth-order valence-electron chi connectivity index (χ4n) is 3.55. The maximum absolute atomic E-state index is 8.86. The summed E-state index contributed by atoms with van der Waals surface area (Å²) in [5, 5.41) is 8.86. The third kappa shape index (κ3) is 2.21. The van der Waals surface area contributed by atoms with E-state index in [1.54, 1.807) is 0 Å². The number of rotatable bonds is 2. The second-order valence-corrected chi connectivity index (χ2v) is 6.18. The van der Waals surface area contributed by atoms with Crippen molar-refractivity contribution in [3.8, 4) is 0 Å². The van der Waals surface area contributed by atoms with E-state index in [0.29, 0.717) is 11.8 Å². The van der Waals surface area contributed by atoms with E-state index < -0.39 is 0 Å². The van der Waals surface area contributed by atoms with Crippen molar-refractivity contribution in [2.75, 3.05) is 0 Å². The molecule has 0 bridgehead atoms. The summed E-state index contributed by atoms with van der Waals surface area (Å²) in [4.78, 5) is 4.54. The Labute approximate surface area is 104 Å². The smallest absolute Gasteiger partial charge is 0.111 e. The lowest BCUT2D eigenvalue weighted by Crippen LogP contribution is -2.40. The number of fused-ring (bicyclic) bond motifs is 1. The lowest BCUT2D eigenvalue weighted by molar-refractivity contribution is -0.272. The van der Waals surface area contributed by atoms with E-state index in [0.717, 1.165) is 12.8 Å². The second-order valence-electron chi connectivity index (χ2n) is 6.18. The van der Waals surface area contributed by atoms with Crippen LogP contribution in [-0.4, -0.2) is 11.4 Å². The predicted molar refractivity (Wildman–Crippen MR) is 69.6 cm³/mol. The highest BCUT2D eigenvalue weighted by atomic mass is 17.1. The summed E-state index contributed by atoms with van der Waals surface area (Å²) < 4.78 is 0. The fraction of sp³-hybridized carbons (Fsp3) is 0.733. The van der Waals surface area contributed by atoms with Gasteiger partial charge in [-0.2, -0.15) is 0 Å². The Hall–Kier alpha value is -0.600. The standard InChI is InChI=1S/C15H24O2/c1-10(2)12-5-6-13-8-14(17-16)7-11(3)15(13,4)9-12/h8,11-12,14,16H,1,5-7,9H2,2-4H3/t11-,12-,14-,15+/m1/s1. The molecular weight excluding hydrogens is 212 g/mol. The van der Waals surface area contributed by atoms with Gasteiger partial charge in [0.15, 0.2) is 0 Å². The molecule has 0 aromatic heterocycles. The van der Waals surface area contributed by atoms with Crippen LogP contribution < -0.4 is 0 Å². The molecule has 0 aromatic carbocycles. The van der Waals surface area contributed by atoms with Gasteiger partial charge in [0, 0.05) is 0 Å². The van der Waals surface area contributed by atoms with Crippen LogP contribution in [0.15, 0.2) is 23.8 Å². The lowest BCUT2D eigenvalue weighted by Gasteiger charge is -2.48. The Kier molecular flexibility index (Phi) is 3.46. The largest absolute Gasteiger partial charge is 0.251 e. The van der Waals surface area contributed by atoms with Gasteiger partial charge >= 0.3 is 0 Å². The highest BCUT2D eigenvalue weighted by molar-refractivity contribution is 5.25. The molecule has 1 fully saturated rings. The van der Waals surface area contributed by atoms with E-state index in [1.165, 1.54) is 24.0 Å². The minimum atomic E-state index is -0.102. The third-order valence-electron chi connectivity index (χ3n) is 5.06. The summed E-state index contributed by atoms with van der Waals surface area (Å²) in [5.41, 5.74) is 3.07. The van der Waals surface area contributed by atoms with Crippen LogP contribution in [0.25, 0.3) is 0 Å². The maximum Gasteiger partial charge on any atom is 0.111 e. The first-order valence-electron chi connectivity index (χ1n) is 6.64. The Morgan fingerprint density at radius 2 is 2.29 bits per heavy atom. The topological polar surface area (TPSA) is 29.5 Å². The molecule has 4 atom stereocenters. The molecule has 17 heavy (non-hydrogen) atoms. The average Bonchev–Trinajstić information content (AvgIpc) is 2.29. The fourth-order valence-corrected chi connectivity index (χ4v) is 3.55. The monoisotopic (exact) mass is 236 g/mol. The summed E-state index contributed by atoms with van der Waals surface area (Å²) in [6.45, 7) is 10.9. The van der Waals surface area contributed by atoms with Gasteiger partial charge in [-0.1, -0.05) is 37.6 Å². The molecule has 0 spiro atoms. The van der Waals surface area contributed by atoms with Crippen molar-refractivity contribution in [1.82, 2.24) is 0 Å². The van der Waals surface area contributed by atoms with Crippen LogP contribution in [0.4, 0.5) is 0 Å². The SMILES string of the molecule is C=C(C)[C@@H]1CCC2=C[C@H](OO)C[C@@H](C)[C@]2(C)C1. The molecule has 0 radical (unpaired) electrons. The molecule has 2 aliphatic carbocycles. The number of hydrogen-bond acceptors (Lipinski definition) is 2. The van der Waals surface area contributed by atoms with E-state index in [1.807, 2.05) is 0 Å². The Bertz CT molecular complexity index is 345. The minimum absolute atomic E-state index is 0.102. The molecule has 0 aliphatic heterocycles. The van der Waals surface area contributed by atoms with Crippen molar-refractivity contribution in [3.63, 3.8) is 0 Å². The van der Waals surface area contributed by atoms with Crippen LogP contribution in [-0.2, 0) is 4.89 Å². The van der Waals surface area contributed by atoms with Crippen molar-refractivity contribution < 1.29 is 10.1 Å². The van der Waals surface area contributed by atoms with Gasteiger partial charge in [-0.05, 0) is 49.9 Å². The highest BCUT2D eigenvalue weighted by Gasteiger charge is 2.43. The van der Waals surface area contributed by atoms with Crippen LogP contribution in [0.3, 0.4) is 0 Å². The summed E-state index contributed by atoms with van der Waals surface area (Å²) in [6.07, 6.45) is 6.48. The Balaban J connectivity index is 2.25. The molecule has 2 aliphatic rings. The van der Waals surface area contributed by atoms with Crippen LogP contribution in [0, 0.1) is 17.3 Å². The Morgan fingerprint density at radius 1 is 1.59 bits per heavy atom. The normalized spacial score (nSPS) is 41.6. The van der Waals surface area contributed by atoms with Gasteiger partial charge in [0.25, 0.3) is 0 Å². The third-order valence-corrected chi connectivity index (χ3v) is 5.06. The molecule has 0 heterocycles. The summed E-state index contributed by atoms with van der Waals surface area (Å²) in [5.74, 6) is 1.22. The van der Waals surface area contributed by atoms with Gasteiger partial charge < -0.3 is 0 Å². The molecule has 1 N–H and O–H groups in total. The quantitative estimate of drug-likeness (QED) is 0.442. The number of hydrogen-bond donors (Lipinski definition) is 1. The molecule has 1 saturated carbocycles. The van der Waals surface area contributed by atoms with Gasteiger partial charge in [-0.15, -0.1) is 0 Å². The molecule has 0 saturated heterocycles. The molecule has 0 amide bonds. The van der Waals surface area contributed by atoms with Crippen LogP contribution >= 0.6 is 0 Å². The van der Waals surface area contributed by atoms with E-state index >= 15 is 0 Å². The van der Waals surface area contributed by atoms with Crippen molar-refractivity contribution in [2.24, 2.45) is 17.3 Å². The first-order chi connectivity index (χ1) is 7.97. The van der Waals surface area contributed by atoms with Crippen molar-refractivity contribution in [3.05, 3.63) is 23.8 Å². The van der Waals surface area contributed by atoms with E-state index in [4.69, 9.17) is 5.26 Å². The first-order valence-corrected chi connectivity index (χ1v) is 6.64. The van der Waals surface area contributed by atoms with Crippen molar-refractivity contribution in [2.45, 2.75) is 52.6 Å². The van der Waals surface area contributed by atoms with Crippen LogP contribution in [0.2, 0.25) is 0 Å². The van der Waals surface area contributed by atoms with E-state index in [2.05, 4.69) is 38.3 Å². The first kappa shape index (κ1) is 12.8. The van der Waals surface area contributed by atoms with Gasteiger partial charge in [0.1, 0.15) is 6.10 Å². The zero-order valence-corrected chi connectivity index (χ0v) is 11.2. The molecule has 96 valence electrons. The van der Waals surface area contributed by atoms with Crippen LogP contribution in [0.1, 0.15) is 46.5 Å². The second kappa shape index (κ2) is 4.58. The zero-order chi connectivity index (χ0) is 12.6. The van der Waals surface area contributed by atoms with E-state index in [9.17, 15) is 0 Å². The molecule has 2 nitrogen and oxygen atoms in total. The van der Waals surface area contributed by atoms with Crippen molar-refractivity contribution >= 4 is 0 Å². The molecular formula is C15H24O2. The average molecular weight is 236 g/mol. The zero-order valence-electron chi connectivity index (χ0n) is 11.2. The van der Waals surface area contributed by atoms with Gasteiger partial charge in [0.2, 0.25) is 0 Å². The van der Waals surface area contributed by atoms with Crippen LogP contribution in [0.5, 0.6) is 0 Å². The lowest BCUT2D eigenvalue weighted by atomic mass is 9.57. The summed E-state index contributed by atoms with van der Waals surface area (Å²) in [6, 6.07) is 0. The van der Waals surface area contributed by atoms with Crippen molar-refractivity contribution in [1.29, 1.82) is 0 Å². The molecule has 2 heteroatoms. The van der Waals surface area contributed by atoms with Gasteiger partial charge in [-0.25, -0.2) is 4.89 Å². The Morgan fingerprint density at radius 3 is 2.88 bits per heavy atom. The molecule has 0 unspecified atom stereocenters.